The van der Waals surface area contributed by atoms with Crippen LogP contribution in [0.2, 0.25) is 0 Å². The zero-order valence-corrected chi connectivity index (χ0v) is 15.9. The molecule has 0 spiro atoms. The molecule has 2 rings (SSSR count). The molecule has 0 aliphatic rings. The van der Waals surface area contributed by atoms with Gasteiger partial charge in [0.25, 0.3) is 0 Å². The number of carbonyl (C=O) groups is 1. The second kappa shape index (κ2) is 11.9. The van der Waals surface area contributed by atoms with Crippen molar-refractivity contribution >= 4 is 6.09 Å². The summed E-state index contributed by atoms with van der Waals surface area (Å²) in [5.74, 6) is 0.823. The number of carbonyl (C=O) groups excluding carboxylic acids is 1. The van der Waals surface area contributed by atoms with Crippen LogP contribution in [0.5, 0.6) is 5.75 Å². The third-order valence-electron chi connectivity index (χ3n) is 3.95. The van der Waals surface area contributed by atoms with Crippen molar-refractivity contribution in [1.29, 1.82) is 0 Å². The van der Waals surface area contributed by atoms with Crippen LogP contribution in [0, 0.1) is 0 Å². The van der Waals surface area contributed by atoms with Gasteiger partial charge in [-0.2, -0.15) is 0 Å². The van der Waals surface area contributed by atoms with E-state index in [1.807, 2.05) is 61.5 Å². The van der Waals surface area contributed by atoms with Crippen LogP contribution in [-0.2, 0) is 17.9 Å². The number of hydrogen-bond acceptors (Lipinski definition) is 5. The van der Waals surface area contributed by atoms with E-state index in [4.69, 9.17) is 15.2 Å². The smallest absolute Gasteiger partial charge is 0.410 e. The van der Waals surface area contributed by atoms with Crippen molar-refractivity contribution in [3.05, 3.63) is 65.7 Å². The number of nitrogens with two attached hydrogens (primary N) is 1. The number of nitrogens with zero attached hydrogens (tertiary/aromatic N) is 1. The van der Waals surface area contributed by atoms with Gasteiger partial charge in [-0.25, -0.2) is 4.79 Å². The van der Waals surface area contributed by atoms with Crippen LogP contribution in [-0.4, -0.2) is 43.8 Å². The Hall–Kier alpha value is -2.57. The molecule has 0 radical (unpaired) electrons. The minimum Gasteiger partial charge on any atom is -0.494 e. The van der Waals surface area contributed by atoms with E-state index in [-0.39, 0.29) is 12.7 Å². The zero-order chi connectivity index (χ0) is 19.3. The quantitative estimate of drug-likeness (QED) is 0.594. The first-order valence-electron chi connectivity index (χ1n) is 9.31. The van der Waals surface area contributed by atoms with Crippen LogP contribution in [0.3, 0.4) is 0 Å². The molecule has 2 aromatic rings. The van der Waals surface area contributed by atoms with Crippen LogP contribution in [0.15, 0.2) is 54.6 Å². The number of hydrogen-bond donors (Lipinski definition) is 2. The van der Waals surface area contributed by atoms with Gasteiger partial charge in [0.2, 0.25) is 0 Å². The van der Waals surface area contributed by atoms with Crippen LogP contribution < -0.4 is 15.8 Å². The first-order chi connectivity index (χ1) is 13.2. The van der Waals surface area contributed by atoms with Gasteiger partial charge in [0, 0.05) is 32.7 Å². The summed E-state index contributed by atoms with van der Waals surface area (Å²) in [6.45, 7) is 5.81. The van der Waals surface area contributed by atoms with Gasteiger partial charge >= 0.3 is 6.09 Å². The second-order valence-corrected chi connectivity index (χ2v) is 6.08. The molecular weight excluding hydrogens is 342 g/mol. The van der Waals surface area contributed by atoms with E-state index in [2.05, 4.69) is 5.32 Å². The van der Waals surface area contributed by atoms with Crippen LogP contribution in [0.1, 0.15) is 18.1 Å². The lowest BCUT2D eigenvalue weighted by Crippen LogP contribution is -2.38. The van der Waals surface area contributed by atoms with Crippen LogP contribution in [0.4, 0.5) is 4.79 Å². The van der Waals surface area contributed by atoms with E-state index in [9.17, 15) is 4.79 Å². The van der Waals surface area contributed by atoms with Gasteiger partial charge in [0.1, 0.15) is 12.4 Å². The lowest BCUT2D eigenvalue weighted by Gasteiger charge is -2.22. The van der Waals surface area contributed by atoms with Crippen molar-refractivity contribution in [1.82, 2.24) is 10.2 Å². The van der Waals surface area contributed by atoms with Gasteiger partial charge in [-0.3, -0.25) is 0 Å². The first-order valence-corrected chi connectivity index (χ1v) is 9.31. The van der Waals surface area contributed by atoms with Crippen molar-refractivity contribution in [2.45, 2.75) is 20.1 Å². The van der Waals surface area contributed by atoms with E-state index >= 15 is 0 Å². The zero-order valence-electron chi connectivity index (χ0n) is 15.9. The molecule has 27 heavy (non-hydrogen) atoms. The van der Waals surface area contributed by atoms with Crippen molar-refractivity contribution < 1.29 is 14.3 Å². The summed E-state index contributed by atoms with van der Waals surface area (Å²) in [5.41, 5.74) is 7.49. The van der Waals surface area contributed by atoms with Crippen molar-refractivity contribution in [3.63, 3.8) is 0 Å². The third kappa shape index (κ3) is 7.68. The molecular formula is C21H29N3O3. The molecule has 0 aliphatic carbocycles. The summed E-state index contributed by atoms with van der Waals surface area (Å²) in [7, 11) is 0. The first kappa shape index (κ1) is 20.7. The molecule has 6 nitrogen and oxygen atoms in total. The van der Waals surface area contributed by atoms with Gasteiger partial charge in [0.05, 0.1) is 6.61 Å². The summed E-state index contributed by atoms with van der Waals surface area (Å²) in [4.78, 5) is 14.3. The molecule has 0 aliphatic heterocycles. The minimum absolute atomic E-state index is 0.260. The van der Waals surface area contributed by atoms with Crippen LogP contribution >= 0.6 is 0 Å². The molecule has 0 unspecified atom stereocenters. The molecule has 146 valence electrons. The van der Waals surface area contributed by atoms with E-state index in [0.717, 1.165) is 23.4 Å². The summed E-state index contributed by atoms with van der Waals surface area (Å²) in [5, 5.41) is 3.21. The Morgan fingerprint density at radius 3 is 2.44 bits per heavy atom. The van der Waals surface area contributed by atoms with E-state index in [1.54, 1.807) is 4.90 Å². The van der Waals surface area contributed by atoms with Gasteiger partial charge in [0.15, 0.2) is 0 Å². The lowest BCUT2D eigenvalue weighted by atomic mass is 10.2. The largest absolute Gasteiger partial charge is 0.494 e. The van der Waals surface area contributed by atoms with Crippen molar-refractivity contribution in [2.24, 2.45) is 5.73 Å². The number of ether oxygens (including phenoxy) is 2. The van der Waals surface area contributed by atoms with E-state index < -0.39 is 0 Å². The van der Waals surface area contributed by atoms with Gasteiger partial charge in [-0.1, -0.05) is 42.5 Å². The molecule has 3 N–H and O–H groups in total. The summed E-state index contributed by atoms with van der Waals surface area (Å²) < 4.78 is 11.0. The molecule has 0 heterocycles. The monoisotopic (exact) mass is 371 g/mol. The van der Waals surface area contributed by atoms with E-state index in [0.29, 0.717) is 32.8 Å². The Kier molecular flexibility index (Phi) is 9.17. The average Bonchev–Trinajstić information content (AvgIpc) is 2.71. The maximum atomic E-state index is 12.6. The highest BCUT2D eigenvalue weighted by Gasteiger charge is 2.15. The maximum absolute atomic E-state index is 12.6. The standard InChI is InChI=1S/C21H29N3O3/c1-2-26-20-10-8-18(9-11-20)16-24(15-14-23-13-12-22)21(25)27-17-19-6-4-3-5-7-19/h3-11,23H,2,12-17,22H2,1H3. The van der Waals surface area contributed by atoms with Crippen LogP contribution in [0.25, 0.3) is 0 Å². The fourth-order valence-corrected chi connectivity index (χ4v) is 2.56. The molecule has 2 aromatic carbocycles. The molecule has 1 amide bonds. The Labute approximate surface area is 161 Å². The highest BCUT2D eigenvalue weighted by molar-refractivity contribution is 5.67. The highest BCUT2D eigenvalue weighted by Crippen LogP contribution is 2.14. The minimum atomic E-state index is -0.331. The third-order valence-corrected chi connectivity index (χ3v) is 3.95. The van der Waals surface area contributed by atoms with Gasteiger partial charge in [-0.15, -0.1) is 0 Å². The summed E-state index contributed by atoms with van der Waals surface area (Å²) in [6, 6.07) is 17.4. The summed E-state index contributed by atoms with van der Waals surface area (Å²) in [6.07, 6.45) is -0.331. The number of rotatable bonds is 11. The number of benzene rings is 2. The average molecular weight is 371 g/mol. The Morgan fingerprint density at radius 2 is 1.78 bits per heavy atom. The predicted octanol–water partition coefficient (Wildman–Crippen LogP) is 2.77. The summed E-state index contributed by atoms with van der Waals surface area (Å²) >= 11 is 0. The predicted molar refractivity (Wildman–Crippen MR) is 107 cm³/mol. The molecule has 0 aromatic heterocycles. The Morgan fingerprint density at radius 1 is 1.04 bits per heavy atom. The molecule has 0 saturated carbocycles. The molecule has 0 fully saturated rings. The molecule has 0 saturated heterocycles. The van der Waals surface area contributed by atoms with E-state index in [1.165, 1.54) is 0 Å². The maximum Gasteiger partial charge on any atom is 0.410 e. The SMILES string of the molecule is CCOc1ccc(CN(CCNCCN)C(=O)OCc2ccccc2)cc1. The molecule has 6 heteroatoms. The van der Waals surface area contributed by atoms with Gasteiger partial charge in [-0.05, 0) is 30.2 Å². The number of amides is 1. The number of nitrogens with one attached hydrogen (secondary N) is 1. The van der Waals surface area contributed by atoms with Crippen molar-refractivity contribution in [3.8, 4) is 5.75 Å². The Bertz CT molecular complexity index is 662. The normalized spacial score (nSPS) is 10.4. The second-order valence-electron chi connectivity index (χ2n) is 6.08. The molecule has 0 bridgehead atoms. The fourth-order valence-electron chi connectivity index (χ4n) is 2.56. The Balaban J connectivity index is 1.95. The fraction of sp³-hybridized carbons (Fsp3) is 0.381. The molecule has 0 atom stereocenters. The van der Waals surface area contributed by atoms with Gasteiger partial charge < -0.3 is 25.4 Å². The highest BCUT2D eigenvalue weighted by atomic mass is 16.6. The lowest BCUT2D eigenvalue weighted by molar-refractivity contribution is 0.0939. The topological polar surface area (TPSA) is 76.8 Å². The van der Waals surface area contributed by atoms with Crippen molar-refractivity contribution in [2.75, 3.05) is 32.8 Å².